The maximum absolute atomic E-state index is 11.2. The van der Waals surface area contributed by atoms with Crippen LogP contribution < -0.4 is 0 Å². The minimum Gasteiger partial charge on any atom is -0.460 e. The molecule has 104 valence electrons. The summed E-state index contributed by atoms with van der Waals surface area (Å²) in [7, 11) is 0. The summed E-state index contributed by atoms with van der Waals surface area (Å²) in [6.45, 7) is 8.54. The summed E-state index contributed by atoms with van der Waals surface area (Å²) < 4.78 is 4.95. The molecule has 0 spiro atoms. The number of allylic oxidation sites excluding steroid dienone is 2. The second-order valence-electron chi connectivity index (χ2n) is 5.06. The van der Waals surface area contributed by atoms with E-state index in [-0.39, 0.29) is 6.42 Å². The largest absolute Gasteiger partial charge is 0.460 e. The molecular weight excluding hydrogens is 228 g/mol. The third kappa shape index (κ3) is 8.97. The Labute approximate surface area is 111 Å². The second kappa shape index (κ2) is 9.86. The monoisotopic (exact) mass is 254 g/mol. The fourth-order valence-electron chi connectivity index (χ4n) is 1.56. The molecule has 0 aromatic heterocycles. The Kier molecular flexibility index (Phi) is 9.25. The molecule has 0 rings (SSSR count). The van der Waals surface area contributed by atoms with E-state index in [4.69, 9.17) is 4.74 Å². The van der Waals surface area contributed by atoms with Gasteiger partial charge in [0.15, 0.2) is 0 Å². The number of ketones is 1. The van der Waals surface area contributed by atoms with Crippen LogP contribution in [0.3, 0.4) is 0 Å². The second-order valence-corrected chi connectivity index (χ2v) is 5.06. The molecule has 0 aliphatic rings. The van der Waals surface area contributed by atoms with Crippen molar-refractivity contribution in [2.45, 2.75) is 59.8 Å². The zero-order chi connectivity index (χ0) is 14.0. The Morgan fingerprint density at radius 2 is 1.89 bits per heavy atom. The minimum atomic E-state index is -0.673. The van der Waals surface area contributed by atoms with E-state index < -0.39 is 11.8 Å². The highest BCUT2D eigenvalue weighted by atomic mass is 16.5. The molecule has 1 atom stereocenters. The molecule has 0 aliphatic carbocycles. The quantitative estimate of drug-likeness (QED) is 0.358. The smallest absolute Gasteiger partial charge is 0.374 e. The third-order valence-electron chi connectivity index (χ3n) is 2.76. The summed E-state index contributed by atoms with van der Waals surface area (Å²) >= 11 is 0. The van der Waals surface area contributed by atoms with Crippen molar-refractivity contribution >= 4 is 11.8 Å². The Morgan fingerprint density at radius 3 is 2.44 bits per heavy atom. The van der Waals surface area contributed by atoms with Gasteiger partial charge in [0.1, 0.15) is 0 Å². The molecule has 0 radical (unpaired) electrons. The average molecular weight is 254 g/mol. The van der Waals surface area contributed by atoms with Crippen LogP contribution in [-0.4, -0.2) is 18.4 Å². The highest BCUT2D eigenvalue weighted by Crippen LogP contribution is 2.11. The van der Waals surface area contributed by atoms with Gasteiger partial charge in [-0.2, -0.15) is 0 Å². The summed E-state index contributed by atoms with van der Waals surface area (Å²) in [6.07, 6.45) is 6.16. The molecule has 0 N–H and O–H groups in total. The lowest BCUT2D eigenvalue weighted by Gasteiger charge is -2.10. The summed E-state index contributed by atoms with van der Waals surface area (Å²) in [5.74, 6) is -0.572. The Bertz CT molecular complexity index is 288. The van der Waals surface area contributed by atoms with Crippen LogP contribution in [0.25, 0.3) is 0 Å². The summed E-state index contributed by atoms with van der Waals surface area (Å²) in [4.78, 5) is 22.4. The number of hydrogen-bond acceptors (Lipinski definition) is 3. The third-order valence-corrected chi connectivity index (χ3v) is 2.76. The Hall–Kier alpha value is -1.12. The maximum atomic E-state index is 11.2. The normalized spacial score (nSPS) is 11.8. The molecule has 18 heavy (non-hydrogen) atoms. The summed E-state index contributed by atoms with van der Waals surface area (Å²) in [5.41, 5.74) is 1.33. The van der Waals surface area contributed by atoms with Gasteiger partial charge < -0.3 is 4.74 Å². The van der Waals surface area contributed by atoms with E-state index in [1.165, 1.54) is 5.57 Å². The van der Waals surface area contributed by atoms with Crippen molar-refractivity contribution in [3.8, 4) is 0 Å². The number of carbonyl (C=O) groups excluding carboxylic acids is 2. The van der Waals surface area contributed by atoms with Crippen LogP contribution in [0.2, 0.25) is 0 Å². The Balaban J connectivity index is 3.67. The number of esters is 1. The topological polar surface area (TPSA) is 43.4 Å². The van der Waals surface area contributed by atoms with E-state index in [2.05, 4.69) is 26.8 Å². The first-order valence-corrected chi connectivity index (χ1v) is 6.80. The highest BCUT2D eigenvalue weighted by molar-refractivity contribution is 6.33. The molecule has 0 unspecified atom stereocenters. The van der Waals surface area contributed by atoms with Crippen LogP contribution >= 0.6 is 0 Å². The van der Waals surface area contributed by atoms with Crippen molar-refractivity contribution in [3.05, 3.63) is 11.6 Å². The standard InChI is InChI=1S/C15H26O3/c1-5-7-14(16)15(17)18-11-10-13(4)9-6-8-12(2)3/h8,13H,5-7,9-11H2,1-4H3/t13-/m0/s1. The van der Waals surface area contributed by atoms with Gasteiger partial charge in [-0.1, -0.05) is 25.5 Å². The fourth-order valence-corrected chi connectivity index (χ4v) is 1.56. The Morgan fingerprint density at radius 1 is 1.22 bits per heavy atom. The molecule has 0 fully saturated rings. The predicted octanol–water partition coefficient (Wildman–Crippen LogP) is 3.67. The molecular formula is C15H26O3. The summed E-state index contributed by atoms with van der Waals surface area (Å²) in [5, 5.41) is 0. The predicted molar refractivity (Wildman–Crippen MR) is 73.3 cm³/mol. The first-order chi connectivity index (χ1) is 8.47. The molecule has 0 amide bonds. The molecule has 0 aromatic carbocycles. The molecule has 0 saturated heterocycles. The molecule has 0 heterocycles. The number of Topliss-reactive ketones (excluding diaryl/α,β-unsaturated/α-hetero) is 1. The summed E-state index contributed by atoms with van der Waals surface area (Å²) in [6, 6.07) is 0. The lowest BCUT2D eigenvalue weighted by Crippen LogP contribution is -2.18. The number of carbonyl (C=O) groups is 2. The first-order valence-electron chi connectivity index (χ1n) is 6.80. The van der Waals surface area contributed by atoms with Gasteiger partial charge in [0.05, 0.1) is 6.61 Å². The molecule has 0 saturated carbocycles. The lowest BCUT2D eigenvalue weighted by molar-refractivity contribution is -0.154. The maximum Gasteiger partial charge on any atom is 0.374 e. The molecule has 3 heteroatoms. The van der Waals surface area contributed by atoms with Gasteiger partial charge in [0, 0.05) is 6.42 Å². The van der Waals surface area contributed by atoms with Crippen molar-refractivity contribution < 1.29 is 14.3 Å². The molecule has 0 aliphatic heterocycles. The van der Waals surface area contributed by atoms with Crippen molar-refractivity contribution in [2.75, 3.05) is 6.61 Å². The molecule has 0 bridgehead atoms. The van der Waals surface area contributed by atoms with Gasteiger partial charge >= 0.3 is 5.97 Å². The van der Waals surface area contributed by atoms with E-state index >= 15 is 0 Å². The van der Waals surface area contributed by atoms with E-state index in [0.29, 0.717) is 18.9 Å². The molecule has 0 aromatic rings. The van der Waals surface area contributed by atoms with Crippen molar-refractivity contribution in [3.63, 3.8) is 0 Å². The minimum absolute atomic E-state index is 0.287. The average Bonchev–Trinajstić information content (AvgIpc) is 2.28. The van der Waals surface area contributed by atoms with Crippen LogP contribution in [0, 0.1) is 5.92 Å². The van der Waals surface area contributed by atoms with E-state index in [1.54, 1.807) is 0 Å². The van der Waals surface area contributed by atoms with E-state index in [0.717, 1.165) is 19.3 Å². The van der Waals surface area contributed by atoms with Gasteiger partial charge in [0.2, 0.25) is 5.78 Å². The number of ether oxygens (including phenoxy) is 1. The fraction of sp³-hybridized carbons (Fsp3) is 0.733. The van der Waals surface area contributed by atoms with Crippen LogP contribution in [0.5, 0.6) is 0 Å². The van der Waals surface area contributed by atoms with Gasteiger partial charge in [-0.15, -0.1) is 0 Å². The first kappa shape index (κ1) is 16.9. The molecule has 3 nitrogen and oxygen atoms in total. The van der Waals surface area contributed by atoms with Crippen LogP contribution in [0.1, 0.15) is 59.8 Å². The zero-order valence-electron chi connectivity index (χ0n) is 12.1. The van der Waals surface area contributed by atoms with Gasteiger partial charge in [-0.3, -0.25) is 4.79 Å². The van der Waals surface area contributed by atoms with Gasteiger partial charge in [-0.25, -0.2) is 4.79 Å². The van der Waals surface area contributed by atoms with Crippen molar-refractivity contribution in [2.24, 2.45) is 5.92 Å². The zero-order valence-corrected chi connectivity index (χ0v) is 12.1. The van der Waals surface area contributed by atoms with Crippen LogP contribution in [0.4, 0.5) is 0 Å². The van der Waals surface area contributed by atoms with Crippen molar-refractivity contribution in [1.29, 1.82) is 0 Å². The van der Waals surface area contributed by atoms with E-state index in [1.807, 2.05) is 6.92 Å². The van der Waals surface area contributed by atoms with Gasteiger partial charge in [-0.05, 0) is 45.4 Å². The SMILES string of the molecule is CCCC(=O)C(=O)OCC[C@@H](C)CCC=C(C)C. The number of rotatable bonds is 9. The van der Waals surface area contributed by atoms with Gasteiger partial charge in [0.25, 0.3) is 0 Å². The van der Waals surface area contributed by atoms with Crippen molar-refractivity contribution in [1.82, 2.24) is 0 Å². The van der Waals surface area contributed by atoms with Crippen LogP contribution in [-0.2, 0) is 14.3 Å². The van der Waals surface area contributed by atoms with E-state index in [9.17, 15) is 9.59 Å². The number of hydrogen-bond donors (Lipinski definition) is 0. The van der Waals surface area contributed by atoms with Crippen LogP contribution in [0.15, 0.2) is 11.6 Å². The lowest BCUT2D eigenvalue weighted by atomic mass is 10.0. The highest BCUT2D eigenvalue weighted by Gasteiger charge is 2.14.